The number of carboxylic acid groups (broad SMARTS) is 1. The van der Waals surface area contributed by atoms with Crippen LogP contribution in [-0.4, -0.2) is 48.8 Å². The molecule has 2 N–H and O–H groups in total. The second-order valence-corrected chi connectivity index (χ2v) is 4.26. The van der Waals surface area contributed by atoms with E-state index in [1.165, 1.54) is 19.2 Å². The van der Waals surface area contributed by atoms with Gasteiger partial charge in [-0.3, -0.25) is 4.79 Å². The van der Waals surface area contributed by atoms with Gasteiger partial charge in [-0.15, -0.1) is 0 Å². The number of methoxy groups -OCH3 is 1. The molecule has 2 amide bonds. The van der Waals surface area contributed by atoms with Gasteiger partial charge in [-0.2, -0.15) is 0 Å². The molecule has 0 atom stereocenters. The van der Waals surface area contributed by atoms with E-state index in [-0.39, 0.29) is 18.8 Å². The Hall–Kier alpha value is -2.15. The minimum Gasteiger partial charge on any atom is -0.480 e. The van der Waals surface area contributed by atoms with Gasteiger partial charge in [0, 0.05) is 19.3 Å². The monoisotopic (exact) mass is 284 g/mol. The van der Waals surface area contributed by atoms with Crippen LogP contribution in [0.4, 0.5) is 14.9 Å². The normalized spacial score (nSPS) is 10.2. The lowest BCUT2D eigenvalue weighted by Crippen LogP contribution is -2.40. The van der Waals surface area contributed by atoms with Gasteiger partial charge in [0.1, 0.15) is 12.4 Å². The summed E-state index contributed by atoms with van der Waals surface area (Å²) in [6, 6.07) is 3.47. The number of carboxylic acids is 1. The zero-order valence-corrected chi connectivity index (χ0v) is 11.4. The minimum atomic E-state index is -1.13. The maximum atomic E-state index is 13.2. The second-order valence-electron chi connectivity index (χ2n) is 4.26. The van der Waals surface area contributed by atoms with Gasteiger partial charge in [0.2, 0.25) is 0 Å². The summed E-state index contributed by atoms with van der Waals surface area (Å²) in [7, 11) is 1.45. The van der Waals surface area contributed by atoms with Crippen molar-refractivity contribution in [3.05, 3.63) is 29.6 Å². The number of hydrogen-bond donors (Lipinski definition) is 2. The van der Waals surface area contributed by atoms with E-state index in [0.29, 0.717) is 5.56 Å². The number of hydrogen-bond acceptors (Lipinski definition) is 3. The summed E-state index contributed by atoms with van der Waals surface area (Å²) in [6.45, 7) is 1.58. The molecule has 0 aliphatic carbocycles. The van der Waals surface area contributed by atoms with Crippen molar-refractivity contribution in [2.75, 3.05) is 32.1 Å². The van der Waals surface area contributed by atoms with Gasteiger partial charge in [-0.05, 0) is 30.7 Å². The molecule has 0 fully saturated rings. The molecule has 0 aliphatic heterocycles. The van der Waals surface area contributed by atoms with Gasteiger partial charge < -0.3 is 20.1 Å². The summed E-state index contributed by atoms with van der Waals surface area (Å²) in [5.41, 5.74) is 0.933. The van der Waals surface area contributed by atoms with Crippen LogP contribution in [0.2, 0.25) is 0 Å². The summed E-state index contributed by atoms with van der Waals surface area (Å²) in [5.74, 6) is -1.60. The molecule has 6 nitrogen and oxygen atoms in total. The van der Waals surface area contributed by atoms with Crippen LogP contribution in [0.3, 0.4) is 0 Å². The SMILES string of the molecule is COCCN(CC(=O)O)C(=O)Nc1cc(C)cc(F)c1. The molecule has 0 unspecified atom stereocenters. The number of nitrogens with one attached hydrogen (secondary N) is 1. The van der Waals surface area contributed by atoms with Crippen molar-refractivity contribution in [2.24, 2.45) is 0 Å². The number of carbonyl (C=O) groups excluding carboxylic acids is 1. The number of halogens is 1. The molecule has 0 radical (unpaired) electrons. The summed E-state index contributed by atoms with van der Waals surface area (Å²) in [5, 5.41) is 11.2. The van der Waals surface area contributed by atoms with Crippen molar-refractivity contribution in [1.82, 2.24) is 4.90 Å². The second kappa shape index (κ2) is 7.44. The number of aryl methyl sites for hydroxylation is 1. The molecule has 0 aromatic heterocycles. The summed E-state index contributed by atoms with van der Waals surface area (Å²) < 4.78 is 18.0. The Morgan fingerprint density at radius 3 is 2.65 bits per heavy atom. The van der Waals surface area contributed by atoms with Crippen LogP contribution in [0.5, 0.6) is 0 Å². The van der Waals surface area contributed by atoms with Crippen LogP contribution >= 0.6 is 0 Å². The number of rotatable bonds is 6. The number of benzene rings is 1. The fraction of sp³-hybridized carbons (Fsp3) is 0.385. The third kappa shape index (κ3) is 5.23. The predicted octanol–water partition coefficient (Wildman–Crippen LogP) is 1.70. The highest BCUT2D eigenvalue weighted by molar-refractivity contribution is 5.91. The molecular weight excluding hydrogens is 267 g/mol. The molecule has 7 heteroatoms. The number of amides is 2. The van der Waals surface area contributed by atoms with Crippen molar-refractivity contribution in [3.63, 3.8) is 0 Å². The van der Waals surface area contributed by atoms with Gasteiger partial charge in [-0.1, -0.05) is 0 Å². The average molecular weight is 284 g/mol. The Kier molecular flexibility index (Phi) is 5.92. The van der Waals surface area contributed by atoms with Crippen molar-refractivity contribution >= 4 is 17.7 Å². The molecule has 110 valence electrons. The number of nitrogens with zero attached hydrogens (tertiary/aromatic N) is 1. The van der Waals surface area contributed by atoms with Crippen molar-refractivity contribution in [1.29, 1.82) is 0 Å². The molecular formula is C13H17FN2O4. The number of anilines is 1. The van der Waals surface area contributed by atoms with Gasteiger partial charge in [-0.25, -0.2) is 9.18 Å². The quantitative estimate of drug-likeness (QED) is 0.833. The molecule has 1 aromatic rings. The molecule has 0 spiro atoms. The molecule has 1 rings (SSSR count). The molecule has 1 aromatic carbocycles. The van der Waals surface area contributed by atoms with E-state index in [1.807, 2.05) is 0 Å². The first-order chi connectivity index (χ1) is 9.42. The zero-order chi connectivity index (χ0) is 15.1. The van der Waals surface area contributed by atoms with Crippen LogP contribution in [0, 0.1) is 12.7 Å². The van der Waals surface area contributed by atoms with E-state index in [4.69, 9.17) is 9.84 Å². The number of urea groups is 1. The highest BCUT2D eigenvalue weighted by atomic mass is 19.1. The van der Waals surface area contributed by atoms with Crippen molar-refractivity contribution < 1.29 is 23.8 Å². The Morgan fingerprint density at radius 1 is 1.40 bits per heavy atom. The molecule has 20 heavy (non-hydrogen) atoms. The Balaban J connectivity index is 2.75. The lowest BCUT2D eigenvalue weighted by atomic mass is 10.2. The van der Waals surface area contributed by atoms with Crippen LogP contribution in [0.15, 0.2) is 18.2 Å². The summed E-state index contributed by atoms with van der Waals surface area (Å²) in [4.78, 5) is 23.7. The first kappa shape index (κ1) is 15.9. The molecule has 0 saturated heterocycles. The standard InChI is InChI=1S/C13H17FN2O4/c1-9-5-10(14)7-11(6-9)15-13(19)16(3-4-20-2)8-12(17)18/h5-7H,3-4,8H2,1-2H3,(H,15,19)(H,17,18). The molecule has 0 aliphatic rings. The summed E-state index contributed by atoms with van der Waals surface area (Å²) >= 11 is 0. The number of aliphatic carboxylic acids is 1. The van der Waals surface area contributed by atoms with E-state index in [9.17, 15) is 14.0 Å². The van der Waals surface area contributed by atoms with Crippen molar-refractivity contribution in [3.8, 4) is 0 Å². The number of carbonyl (C=O) groups is 2. The van der Waals surface area contributed by atoms with Gasteiger partial charge >= 0.3 is 12.0 Å². The maximum absolute atomic E-state index is 13.2. The highest BCUT2D eigenvalue weighted by Gasteiger charge is 2.16. The lowest BCUT2D eigenvalue weighted by molar-refractivity contribution is -0.137. The van der Waals surface area contributed by atoms with Gasteiger partial charge in [0.25, 0.3) is 0 Å². The van der Waals surface area contributed by atoms with E-state index >= 15 is 0 Å². The Bertz CT molecular complexity index is 473. The third-order valence-corrected chi connectivity index (χ3v) is 2.47. The molecule has 0 heterocycles. The average Bonchev–Trinajstić information content (AvgIpc) is 2.32. The first-order valence-corrected chi connectivity index (χ1v) is 5.96. The van der Waals surface area contributed by atoms with Crippen LogP contribution in [-0.2, 0) is 9.53 Å². The van der Waals surface area contributed by atoms with E-state index < -0.39 is 24.4 Å². The first-order valence-electron chi connectivity index (χ1n) is 5.96. The predicted molar refractivity (Wildman–Crippen MR) is 71.2 cm³/mol. The summed E-state index contributed by atoms with van der Waals surface area (Å²) in [6.07, 6.45) is 0. The fourth-order valence-electron chi connectivity index (χ4n) is 1.63. The van der Waals surface area contributed by atoms with Crippen LogP contribution < -0.4 is 5.32 Å². The van der Waals surface area contributed by atoms with Gasteiger partial charge in [0.15, 0.2) is 0 Å². The maximum Gasteiger partial charge on any atom is 0.323 e. The van der Waals surface area contributed by atoms with Crippen LogP contribution in [0.25, 0.3) is 0 Å². The third-order valence-electron chi connectivity index (χ3n) is 2.47. The smallest absolute Gasteiger partial charge is 0.323 e. The number of ether oxygens (including phenoxy) is 1. The highest BCUT2D eigenvalue weighted by Crippen LogP contribution is 2.13. The molecule has 0 bridgehead atoms. The fourth-order valence-corrected chi connectivity index (χ4v) is 1.63. The zero-order valence-electron chi connectivity index (χ0n) is 11.4. The van der Waals surface area contributed by atoms with Crippen LogP contribution in [0.1, 0.15) is 5.56 Å². The molecule has 0 saturated carbocycles. The minimum absolute atomic E-state index is 0.128. The Morgan fingerprint density at radius 2 is 2.10 bits per heavy atom. The van der Waals surface area contributed by atoms with Gasteiger partial charge in [0.05, 0.1) is 6.61 Å². The van der Waals surface area contributed by atoms with Crippen molar-refractivity contribution in [2.45, 2.75) is 6.92 Å². The largest absolute Gasteiger partial charge is 0.480 e. The Labute approximate surface area is 116 Å². The van der Waals surface area contributed by atoms with E-state index in [1.54, 1.807) is 13.0 Å². The lowest BCUT2D eigenvalue weighted by Gasteiger charge is -2.21. The van der Waals surface area contributed by atoms with E-state index in [0.717, 1.165) is 4.90 Å². The van der Waals surface area contributed by atoms with E-state index in [2.05, 4.69) is 5.32 Å². The topological polar surface area (TPSA) is 78.9 Å².